The molecule has 0 amide bonds. The molecule has 0 spiro atoms. The standard InChI is InChI=1S/C17H21NO3/c1-20-12-13-5-3-7-15(9-13)18-11-17(19)14-6-4-8-16(10-14)21-2/h3-10,17-19H,11-12H2,1-2H3. The van der Waals surface area contributed by atoms with Crippen molar-refractivity contribution in [2.45, 2.75) is 12.7 Å². The third kappa shape index (κ3) is 4.48. The van der Waals surface area contributed by atoms with Crippen molar-refractivity contribution in [2.75, 3.05) is 26.1 Å². The SMILES string of the molecule is COCc1cccc(NCC(O)c2cccc(OC)c2)c1. The topological polar surface area (TPSA) is 50.7 Å². The summed E-state index contributed by atoms with van der Waals surface area (Å²) < 4.78 is 10.3. The number of anilines is 1. The van der Waals surface area contributed by atoms with Gasteiger partial charge in [0, 0.05) is 19.3 Å². The second-order valence-electron chi connectivity index (χ2n) is 4.81. The maximum Gasteiger partial charge on any atom is 0.119 e. The molecule has 0 bridgehead atoms. The fourth-order valence-electron chi connectivity index (χ4n) is 2.12. The Balaban J connectivity index is 1.96. The minimum Gasteiger partial charge on any atom is -0.497 e. The second-order valence-corrected chi connectivity index (χ2v) is 4.81. The van der Waals surface area contributed by atoms with Crippen LogP contribution in [0.25, 0.3) is 0 Å². The maximum atomic E-state index is 10.2. The van der Waals surface area contributed by atoms with Crippen LogP contribution in [0.5, 0.6) is 5.75 Å². The van der Waals surface area contributed by atoms with E-state index >= 15 is 0 Å². The van der Waals surface area contributed by atoms with E-state index in [9.17, 15) is 5.11 Å². The predicted octanol–water partition coefficient (Wildman–Crippen LogP) is 2.99. The van der Waals surface area contributed by atoms with Crippen molar-refractivity contribution < 1.29 is 14.6 Å². The van der Waals surface area contributed by atoms with Gasteiger partial charge in [0.1, 0.15) is 5.75 Å². The number of nitrogens with one attached hydrogen (secondary N) is 1. The fourth-order valence-corrected chi connectivity index (χ4v) is 2.12. The van der Waals surface area contributed by atoms with Crippen LogP contribution in [0.2, 0.25) is 0 Å². The van der Waals surface area contributed by atoms with Crippen LogP contribution in [-0.4, -0.2) is 25.9 Å². The largest absolute Gasteiger partial charge is 0.497 e. The average Bonchev–Trinajstić information content (AvgIpc) is 2.53. The Hall–Kier alpha value is -2.04. The van der Waals surface area contributed by atoms with Crippen molar-refractivity contribution in [3.63, 3.8) is 0 Å². The maximum absolute atomic E-state index is 10.2. The predicted molar refractivity (Wildman–Crippen MR) is 83.6 cm³/mol. The summed E-state index contributed by atoms with van der Waals surface area (Å²) in [5.74, 6) is 0.744. The van der Waals surface area contributed by atoms with E-state index in [0.29, 0.717) is 13.2 Å². The highest BCUT2D eigenvalue weighted by molar-refractivity contribution is 5.46. The molecule has 0 heterocycles. The Morgan fingerprint density at radius 3 is 2.67 bits per heavy atom. The first-order valence-electron chi connectivity index (χ1n) is 6.86. The van der Waals surface area contributed by atoms with E-state index in [1.807, 2.05) is 48.5 Å². The molecule has 0 aromatic heterocycles. The zero-order chi connectivity index (χ0) is 15.1. The molecule has 4 nitrogen and oxygen atoms in total. The van der Waals surface area contributed by atoms with E-state index in [1.165, 1.54) is 0 Å². The third-order valence-corrected chi connectivity index (χ3v) is 3.22. The quantitative estimate of drug-likeness (QED) is 0.822. The van der Waals surface area contributed by atoms with Gasteiger partial charge >= 0.3 is 0 Å². The first kappa shape index (κ1) is 15.4. The number of aliphatic hydroxyl groups is 1. The van der Waals surface area contributed by atoms with Crippen LogP contribution < -0.4 is 10.1 Å². The molecule has 2 N–H and O–H groups in total. The van der Waals surface area contributed by atoms with Gasteiger partial charge in [-0.1, -0.05) is 24.3 Å². The number of methoxy groups -OCH3 is 2. The first-order valence-corrected chi connectivity index (χ1v) is 6.86. The molecule has 2 aromatic carbocycles. The van der Waals surface area contributed by atoms with Gasteiger partial charge in [-0.25, -0.2) is 0 Å². The summed E-state index contributed by atoms with van der Waals surface area (Å²) in [5.41, 5.74) is 2.89. The molecule has 0 aliphatic carbocycles. The van der Waals surface area contributed by atoms with Crippen molar-refractivity contribution >= 4 is 5.69 Å². The average molecular weight is 287 g/mol. The van der Waals surface area contributed by atoms with Crippen molar-refractivity contribution in [1.29, 1.82) is 0 Å². The third-order valence-electron chi connectivity index (χ3n) is 3.22. The molecule has 0 radical (unpaired) electrons. The van der Waals surface area contributed by atoms with Crippen molar-refractivity contribution in [3.05, 3.63) is 59.7 Å². The van der Waals surface area contributed by atoms with Crippen LogP contribution in [0.3, 0.4) is 0 Å². The van der Waals surface area contributed by atoms with Gasteiger partial charge in [-0.2, -0.15) is 0 Å². The van der Waals surface area contributed by atoms with E-state index in [4.69, 9.17) is 9.47 Å². The van der Waals surface area contributed by atoms with E-state index in [1.54, 1.807) is 14.2 Å². The Bertz CT molecular complexity index is 571. The molecule has 0 fully saturated rings. The normalized spacial score (nSPS) is 12.0. The number of ether oxygens (including phenoxy) is 2. The molecular weight excluding hydrogens is 266 g/mol. The van der Waals surface area contributed by atoms with Gasteiger partial charge in [-0.15, -0.1) is 0 Å². The molecule has 2 aromatic rings. The van der Waals surface area contributed by atoms with Gasteiger partial charge in [0.05, 0.1) is 19.8 Å². The van der Waals surface area contributed by atoms with Crippen molar-refractivity contribution in [3.8, 4) is 5.75 Å². The highest BCUT2D eigenvalue weighted by Gasteiger charge is 2.08. The molecule has 4 heteroatoms. The van der Waals surface area contributed by atoms with Crippen LogP contribution in [0, 0.1) is 0 Å². The molecule has 0 saturated carbocycles. The lowest BCUT2D eigenvalue weighted by Gasteiger charge is -2.14. The summed E-state index contributed by atoms with van der Waals surface area (Å²) >= 11 is 0. The van der Waals surface area contributed by atoms with Gasteiger partial charge in [0.2, 0.25) is 0 Å². The van der Waals surface area contributed by atoms with E-state index < -0.39 is 6.10 Å². The summed E-state index contributed by atoms with van der Waals surface area (Å²) in [6.07, 6.45) is -0.591. The number of aliphatic hydroxyl groups excluding tert-OH is 1. The van der Waals surface area contributed by atoms with Gasteiger partial charge < -0.3 is 19.9 Å². The van der Waals surface area contributed by atoms with E-state index in [-0.39, 0.29) is 0 Å². The Labute approximate surface area is 125 Å². The minimum absolute atomic E-state index is 0.434. The van der Waals surface area contributed by atoms with Crippen LogP contribution in [-0.2, 0) is 11.3 Å². The molecular formula is C17H21NO3. The van der Waals surface area contributed by atoms with Crippen LogP contribution in [0.4, 0.5) is 5.69 Å². The second kappa shape index (κ2) is 7.67. The monoisotopic (exact) mass is 287 g/mol. The summed E-state index contributed by atoms with van der Waals surface area (Å²) in [7, 11) is 3.29. The summed E-state index contributed by atoms with van der Waals surface area (Å²) in [4.78, 5) is 0. The number of rotatable bonds is 7. The van der Waals surface area contributed by atoms with Gasteiger partial charge in [-0.3, -0.25) is 0 Å². The Morgan fingerprint density at radius 2 is 1.90 bits per heavy atom. The molecule has 112 valence electrons. The Morgan fingerprint density at radius 1 is 1.10 bits per heavy atom. The zero-order valence-electron chi connectivity index (χ0n) is 12.4. The molecule has 0 aliphatic rings. The van der Waals surface area contributed by atoms with Crippen LogP contribution in [0.15, 0.2) is 48.5 Å². The van der Waals surface area contributed by atoms with Crippen LogP contribution in [0.1, 0.15) is 17.2 Å². The summed E-state index contributed by atoms with van der Waals surface area (Å²) in [5, 5.41) is 13.5. The minimum atomic E-state index is -0.591. The van der Waals surface area contributed by atoms with Gasteiger partial charge in [0.15, 0.2) is 0 Å². The molecule has 2 rings (SSSR count). The Kier molecular flexibility index (Phi) is 5.60. The van der Waals surface area contributed by atoms with E-state index in [2.05, 4.69) is 5.32 Å². The molecule has 21 heavy (non-hydrogen) atoms. The van der Waals surface area contributed by atoms with Gasteiger partial charge in [-0.05, 0) is 35.4 Å². The number of hydrogen-bond donors (Lipinski definition) is 2. The van der Waals surface area contributed by atoms with Crippen LogP contribution >= 0.6 is 0 Å². The molecule has 0 saturated heterocycles. The smallest absolute Gasteiger partial charge is 0.119 e. The number of benzene rings is 2. The molecule has 1 unspecified atom stereocenters. The van der Waals surface area contributed by atoms with Crippen molar-refractivity contribution in [2.24, 2.45) is 0 Å². The highest BCUT2D eigenvalue weighted by atomic mass is 16.5. The lowest BCUT2D eigenvalue weighted by atomic mass is 10.1. The molecule has 0 aliphatic heterocycles. The zero-order valence-corrected chi connectivity index (χ0v) is 12.4. The summed E-state index contributed by atoms with van der Waals surface area (Å²) in [6, 6.07) is 15.4. The van der Waals surface area contributed by atoms with Gasteiger partial charge in [0.25, 0.3) is 0 Å². The first-order chi connectivity index (χ1) is 10.2. The lowest BCUT2D eigenvalue weighted by Crippen LogP contribution is -2.12. The van der Waals surface area contributed by atoms with Crippen molar-refractivity contribution in [1.82, 2.24) is 0 Å². The lowest BCUT2D eigenvalue weighted by molar-refractivity contribution is 0.185. The highest BCUT2D eigenvalue weighted by Crippen LogP contribution is 2.20. The number of hydrogen-bond acceptors (Lipinski definition) is 4. The fraction of sp³-hybridized carbons (Fsp3) is 0.294. The molecule has 1 atom stereocenters. The van der Waals surface area contributed by atoms with E-state index in [0.717, 1.165) is 22.6 Å². The summed E-state index contributed by atoms with van der Waals surface area (Å²) in [6.45, 7) is 1.01.